The van der Waals surface area contributed by atoms with Crippen molar-refractivity contribution in [2.75, 3.05) is 0 Å². The van der Waals surface area contributed by atoms with E-state index in [0.717, 1.165) is 0 Å². The third-order valence-electron chi connectivity index (χ3n) is 0.334. The molecule has 0 unspecified atom stereocenters. The van der Waals surface area contributed by atoms with Crippen LogP contribution in [-0.4, -0.2) is 25.7 Å². The standard InChI is InChI=1S/CH2N4O/c6-1-2-4-5-3-1/h(H2,2,3,4,5,6). The van der Waals surface area contributed by atoms with Gasteiger partial charge in [-0.05, 0) is 10.4 Å². The van der Waals surface area contributed by atoms with E-state index in [1.165, 1.54) is 0 Å². The third kappa shape index (κ3) is 0.291. The van der Waals surface area contributed by atoms with Crippen LogP contribution in [-0.2, 0) is 0 Å². The van der Waals surface area contributed by atoms with Crippen LogP contribution in [0.2, 0.25) is 0 Å². The minimum Gasteiger partial charge on any atom is -0.478 e. The van der Waals surface area contributed by atoms with Crippen LogP contribution in [0.25, 0.3) is 0 Å². The van der Waals surface area contributed by atoms with Crippen LogP contribution in [0.15, 0.2) is 0 Å². The minimum atomic E-state index is -0.255. The van der Waals surface area contributed by atoms with Gasteiger partial charge in [-0.15, -0.1) is 0 Å². The fraction of sp³-hybridized carbons (Fsp3) is 0. The number of aromatic hydroxyl groups is 1. The molecule has 0 aromatic carbocycles. The first kappa shape index (κ1) is 3.08. The molecule has 1 rings (SSSR count). The quantitative estimate of drug-likeness (QED) is 0.420. The highest BCUT2D eigenvalue weighted by atomic mass is 16.3. The number of nitrogens with one attached hydrogen (secondary N) is 1. The molecule has 0 atom stereocenters. The molecule has 1 aromatic rings. The van der Waals surface area contributed by atoms with E-state index in [4.69, 9.17) is 5.11 Å². The predicted molar refractivity (Wildman–Crippen MR) is 15.8 cm³/mol. The molecule has 5 heteroatoms. The number of tetrazole rings is 1. The van der Waals surface area contributed by atoms with E-state index >= 15 is 0 Å². The van der Waals surface area contributed by atoms with Gasteiger partial charge in [-0.3, -0.25) is 0 Å². The van der Waals surface area contributed by atoms with E-state index in [0.29, 0.717) is 0 Å². The van der Waals surface area contributed by atoms with Crippen molar-refractivity contribution in [1.82, 2.24) is 20.6 Å². The molecule has 0 bridgehead atoms. The molecule has 0 fully saturated rings. The lowest BCUT2D eigenvalue weighted by Gasteiger charge is -1.63. The molecular weight excluding hydrogens is 84.0 g/mol. The molecule has 0 saturated heterocycles. The maximum atomic E-state index is 8.18. The Kier molecular flexibility index (Phi) is 0.474. The first-order valence-electron chi connectivity index (χ1n) is 1.32. The minimum absolute atomic E-state index is 0.255. The number of H-pyrrole nitrogens is 1. The van der Waals surface area contributed by atoms with E-state index in [-0.39, 0.29) is 6.01 Å². The normalized spacial score (nSPS) is 8.67. The summed E-state index contributed by atoms with van der Waals surface area (Å²) >= 11 is 0. The summed E-state index contributed by atoms with van der Waals surface area (Å²) in [5, 5.41) is 19.4. The van der Waals surface area contributed by atoms with Gasteiger partial charge in [0.05, 0.1) is 0 Å². The maximum Gasteiger partial charge on any atom is 0.330 e. The van der Waals surface area contributed by atoms with E-state index in [9.17, 15) is 0 Å². The number of rotatable bonds is 0. The Morgan fingerprint density at radius 2 is 2.50 bits per heavy atom. The molecule has 0 spiro atoms. The van der Waals surface area contributed by atoms with Crippen molar-refractivity contribution < 1.29 is 5.11 Å². The van der Waals surface area contributed by atoms with Crippen LogP contribution in [0, 0.1) is 0 Å². The Balaban J connectivity index is 3.05. The van der Waals surface area contributed by atoms with Crippen LogP contribution in [0.3, 0.4) is 0 Å². The summed E-state index contributed by atoms with van der Waals surface area (Å²) in [4.78, 5) is 0. The first-order chi connectivity index (χ1) is 2.89. The Bertz CT molecular complexity index is 111. The van der Waals surface area contributed by atoms with Gasteiger partial charge in [-0.1, -0.05) is 5.10 Å². The molecule has 2 N–H and O–H groups in total. The van der Waals surface area contributed by atoms with E-state index < -0.39 is 0 Å². The van der Waals surface area contributed by atoms with Crippen LogP contribution < -0.4 is 0 Å². The average Bonchev–Trinajstić information content (AvgIpc) is 1.86. The summed E-state index contributed by atoms with van der Waals surface area (Å²) in [6, 6.07) is -0.255. The Morgan fingerprint density at radius 1 is 1.67 bits per heavy atom. The lowest BCUT2D eigenvalue weighted by atomic mass is 11.3. The molecule has 32 valence electrons. The highest BCUT2D eigenvalue weighted by Gasteiger charge is 1.81. The predicted octanol–water partition coefficient (Wildman–Crippen LogP) is -1.09. The summed E-state index contributed by atoms with van der Waals surface area (Å²) in [7, 11) is 0. The molecule has 0 aliphatic carbocycles. The van der Waals surface area contributed by atoms with Crippen LogP contribution in [0.1, 0.15) is 0 Å². The number of nitrogens with zero attached hydrogens (tertiary/aromatic N) is 3. The molecule has 0 aliphatic rings. The summed E-state index contributed by atoms with van der Waals surface area (Å²) in [5.74, 6) is 0. The number of aromatic amines is 1. The summed E-state index contributed by atoms with van der Waals surface area (Å²) in [6.07, 6.45) is 0. The van der Waals surface area contributed by atoms with Gasteiger partial charge in [0.1, 0.15) is 0 Å². The molecule has 0 radical (unpaired) electrons. The zero-order valence-corrected chi connectivity index (χ0v) is 2.79. The second-order valence-electron chi connectivity index (χ2n) is 0.725. The highest BCUT2D eigenvalue weighted by molar-refractivity contribution is 4.73. The van der Waals surface area contributed by atoms with Gasteiger partial charge in [0, 0.05) is 0 Å². The van der Waals surface area contributed by atoms with Crippen LogP contribution in [0.5, 0.6) is 6.01 Å². The molecular formula is CH2N4O. The maximum absolute atomic E-state index is 8.18. The van der Waals surface area contributed by atoms with Crippen LogP contribution in [0.4, 0.5) is 0 Å². The van der Waals surface area contributed by atoms with Crippen molar-refractivity contribution in [3.63, 3.8) is 0 Å². The first-order valence-corrected chi connectivity index (χ1v) is 1.32. The van der Waals surface area contributed by atoms with Gasteiger partial charge in [0.2, 0.25) is 0 Å². The van der Waals surface area contributed by atoms with Gasteiger partial charge in [0.25, 0.3) is 0 Å². The van der Waals surface area contributed by atoms with Crippen molar-refractivity contribution in [3.8, 4) is 6.01 Å². The summed E-state index contributed by atoms with van der Waals surface area (Å²) in [5.41, 5.74) is 0. The smallest absolute Gasteiger partial charge is 0.330 e. The van der Waals surface area contributed by atoms with Crippen molar-refractivity contribution >= 4 is 0 Å². The summed E-state index contributed by atoms with van der Waals surface area (Å²) in [6.45, 7) is 0. The topological polar surface area (TPSA) is 74.7 Å². The average molecular weight is 86.1 g/mol. The van der Waals surface area contributed by atoms with Gasteiger partial charge < -0.3 is 5.11 Å². The van der Waals surface area contributed by atoms with Crippen LogP contribution >= 0.6 is 0 Å². The molecule has 0 aliphatic heterocycles. The molecule has 6 heavy (non-hydrogen) atoms. The molecule has 5 nitrogen and oxygen atoms in total. The fourth-order valence-electron chi connectivity index (χ4n) is 0.154. The third-order valence-corrected chi connectivity index (χ3v) is 0.334. The second-order valence-corrected chi connectivity index (χ2v) is 0.725. The van der Waals surface area contributed by atoms with E-state index in [2.05, 4.69) is 20.6 Å². The largest absolute Gasteiger partial charge is 0.478 e. The Morgan fingerprint density at radius 3 is 2.67 bits per heavy atom. The summed E-state index contributed by atoms with van der Waals surface area (Å²) < 4.78 is 0. The van der Waals surface area contributed by atoms with Crippen molar-refractivity contribution in [1.29, 1.82) is 0 Å². The zero-order chi connectivity index (χ0) is 4.41. The number of hydrogen-bond donors (Lipinski definition) is 2. The Labute approximate surface area is 33.0 Å². The van der Waals surface area contributed by atoms with Gasteiger partial charge in [-0.25, -0.2) is 5.10 Å². The lowest BCUT2D eigenvalue weighted by molar-refractivity contribution is 0.431. The Hall–Kier alpha value is -1.13. The van der Waals surface area contributed by atoms with Crippen molar-refractivity contribution in [2.45, 2.75) is 0 Å². The van der Waals surface area contributed by atoms with E-state index in [1.54, 1.807) is 0 Å². The highest BCUT2D eigenvalue weighted by Crippen LogP contribution is 1.83. The van der Waals surface area contributed by atoms with E-state index in [1.807, 2.05) is 0 Å². The van der Waals surface area contributed by atoms with Gasteiger partial charge >= 0.3 is 6.01 Å². The number of aromatic nitrogens is 4. The van der Waals surface area contributed by atoms with Crippen molar-refractivity contribution in [3.05, 3.63) is 0 Å². The van der Waals surface area contributed by atoms with Crippen molar-refractivity contribution in [2.24, 2.45) is 0 Å². The lowest BCUT2D eigenvalue weighted by Crippen LogP contribution is -1.64. The molecule has 1 heterocycles. The fourth-order valence-corrected chi connectivity index (χ4v) is 0.154. The zero-order valence-electron chi connectivity index (χ0n) is 2.79. The molecule has 0 amide bonds. The monoisotopic (exact) mass is 86.0 g/mol. The number of hydrogen-bond acceptors (Lipinski definition) is 4. The van der Waals surface area contributed by atoms with Gasteiger partial charge in [0.15, 0.2) is 0 Å². The van der Waals surface area contributed by atoms with Gasteiger partial charge in [-0.2, -0.15) is 0 Å². The molecule has 1 aromatic heterocycles. The molecule has 0 saturated carbocycles. The second kappa shape index (κ2) is 0.925. The SMILES string of the molecule is Oc1nnn[nH]1.